The molecule has 5 nitrogen and oxygen atoms in total. The van der Waals surface area contributed by atoms with Crippen LogP contribution in [0.2, 0.25) is 10.0 Å². The molecule has 0 spiro atoms. The first kappa shape index (κ1) is 14.8. The highest BCUT2D eigenvalue weighted by atomic mass is 35.5. The van der Waals surface area contributed by atoms with E-state index in [0.29, 0.717) is 28.1 Å². The predicted molar refractivity (Wildman–Crippen MR) is 76.8 cm³/mol. The fourth-order valence-corrected chi connectivity index (χ4v) is 2.26. The summed E-state index contributed by atoms with van der Waals surface area (Å²) in [6.07, 6.45) is 0.667. The van der Waals surface area contributed by atoms with E-state index in [1.165, 1.54) is 7.11 Å². The Morgan fingerprint density at radius 2 is 2.15 bits per heavy atom. The average Bonchev–Trinajstić information content (AvgIpc) is 2.77. The van der Waals surface area contributed by atoms with E-state index in [0.717, 1.165) is 5.56 Å². The number of benzene rings is 1. The monoisotopic (exact) mass is 313 g/mol. The first-order valence-electron chi connectivity index (χ1n) is 5.93. The van der Waals surface area contributed by atoms with Gasteiger partial charge in [-0.25, -0.2) is 9.67 Å². The van der Waals surface area contributed by atoms with Crippen LogP contribution in [-0.2, 0) is 23.0 Å². The molecule has 0 N–H and O–H groups in total. The molecule has 0 saturated heterocycles. The topological polar surface area (TPSA) is 57.0 Å². The number of hydrogen-bond acceptors (Lipinski definition) is 4. The second-order valence-corrected chi connectivity index (χ2v) is 5.02. The largest absolute Gasteiger partial charge is 0.469 e. The van der Waals surface area contributed by atoms with Gasteiger partial charge in [-0.05, 0) is 18.2 Å². The second-order valence-electron chi connectivity index (χ2n) is 4.18. The van der Waals surface area contributed by atoms with Crippen molar-refractivity contribution in [2.24, 2.45) is 7.05 Å². The third kappa shape index (κ3) is 3.29. The van der Waals surface area contributed by atoms with E-state index in [9.17, 15) is 4.79 Å². The van der Waals surface area contributed by atoms with Crippen molar-refractivity contribution in [1.29, 1.82) is 0 Å². The summed E-state index contributed by atoms with van der Waals surface area (Å²) in [5, 5.41) is 5.33. The number of methoxy groups -OCH3 is 1. The number of carbonyl (C=O) groups is 1. The molecule has 106 valence electrons. The second kappa shape index (κ2) is 6.24. The number of rotatable bonds is 4. The van der Waals surface area contributed by atoms with Gasteiger partial charge in [-0.15, -0.1) is 0 Å². The molecule has 1 aromatic carbocycles. The summed E-state index contributed by atoms with van der Waals surface area (Å²) in [6, 6.07) is 5.19. The van der Waals surface area contributed by atoms with Crippen molar-refractivity contribution in [3.05, 3.63) is 34.1 Å². The molecule has 2 rings (SSSR count). The normalized spacial score (nSPS) is 10.6. The van der Waals surface area contributed by atoms with Crippen molar-refractivity contribution in [2.75, 3.05) is 7.11 Å². The molecule has 0 bridgehead atoms. The standard InChI is InChI=1S/C13H13Cl2N3O2/c1-18-13(9-4-3-8(14)7-10(9)15)16-11(17-18)5-6-12(19)20-2/h3-4,7H,5-6H2,1-2H3. The van der Waals surface area contributed by atoms with Crippen molar-refractivity contribution in [1.82, 2.24) is 14.8 Å². The van der Waals surface area contributed by atoms with Crippen molar-refractivity contribution >= 4 is 29.2 Å². The van der Waals surface area contributed by atoms with Crippen molar-refractivity contribution in [2.45, 2.75) is 12.8 Å². The third-order valence-electron chi connectivity index (χ3n) is 2.76. The minimum absolute atomic E-state index is 0.244. The average molecular weight is 314 g/mol. The molecule has 1 heterocycles. The summed E-state index contributed by atoms with van der Waals surface area (Å²) in [5.74, 6) is 0.911. The highest BCUT2D eigenvalue weighted by Crippen LogP contribution is 2.28. The Morgan fingerprint density at radius 1 is 1.40 bits per heavy atom. The summed E-state index contributed by atoms with van der Waals surface area (Å²) in [5.41, 5.74) is 0.746. The van der Waals surface area contributed by atoms with E-state index in [1.54, 1.807) is 29.9 Å². The molecule has 0 aliphatic rings. The van der Waals surface area contributed by atoms with E-state index in [-0.39, 0.29) is 12.4 Å². The van der Waals surface area contributed by atoms with Crippen LogP contribution in [0.3, 0.4) is 0 Å². The number of hydrogen-bond donors (Lipinski definition) is 0. The number of carbonyl (C=O) groups excluding carboxylic acids is 1. The van der Waals surface area contributed by atoms with Gasteiger partial charge in [0.15, 0.2) is 11.6 Å². The molecule has 0 aliphatic heterocycles. The first-order chi connectivity index (χ1) is 9.51. The van der Waals surface area contributed by atoms with Crippen LogP contribution in [0, 0.1) is 0 Å². The lowest BCUT2D eigenvalue weighted by atomic mass is 10.2. The van der Waals surface area contributed by atoms with Gasteiger partial charge in [0.1, 0.15) is 0 Å². The lowest BCUT2D eigenvalue weighted by molar-refractivity contribution is -0.140. The van der Waals surface area contributed by atoms with E-state index in [4.69, 9.17) is 23.2 Å². The zero-order valence-electron chi connectivity index (χ0n) is 11.1. The third-order valence-corrected chi connectivity index (χ3v) is 3.31. The number of halogens is 2. The van der Waals surface area contributed by atoms with Crippen molar-refractivity contribution in [3.8, 4) is 11.4 Å². The van der Waals surface area contributed by atoms with Crippen LogP contribution in [0.5, 0.6) is 0 Å². The maximum absolute atomic E-state index is 11.1. The first-order valence-corrected chi connectivity index (χ1v) is 6.69. The Hall–Kier alpha value is -1.59. The smallest absolute Gasteiger partial charge is 0.305 e. The molecule has 7 heteroatoms. The molecular formula is C13H13Cl2N3O2. The van der Waals surface area contributed by atoms with Crippen LogP contribution in [0.1, 0.15) is 12.2 Å². The van der Waals surface area contributed by atoms with E-state index in [1.807, 2.05) is 0 Å². The Kier molecular flexibility index (Phi) is 4.62. The molecule has 0 atom stereocenters. The SMILES string of the molecule is COC(=O)CCc1nc(-c2ccc(Cl)cc2Cl)n(C)n1. The molecule has 0 amide bonds. The Balaban J connectivity index is 2.25. The van der Waals surface area contributed by atoms with Crippen LogP contribution >= 0.6 is 23.2 Å². The van der Waals surface area contributed by atoms with Crippen LogP contribution in [-0.4, -0.2) is 27.8 Å². The van der Waals surface area contributed by atoms with Gasteiger partial charge in [-0.2, -0.15) is 5.10 Å². The highest BCUT2D eigenvalue weighted by Gasteiger charge is 2.14. The maximum atomic E-state index is 11.1. The Morgan fingerprint density at radius 3 is 2.80 bits per heavy atom. The number of aryl methyl sites for hydroxylation is 2. The van der Waals surface area contributed by atoms with Gasteiger partial charge in [0, 0.05) is 24.1 Å². The molecule has 0 unspecified atom stereocenters. The summed E-state index contributed by atoms with van der Waals surface area (Å²) in [7, 11) is 3.13. The lowest BCUT2D eigenvalue weighted by Gasteiger charge is -2.03. The minimum atomic E-state index is -0.288. The van der Waals surface area contributed by atoms with Gasteiger partial charge >= 0.3 is 5.97 Å². The van der Waals surface area contributed by atoms with Gasteiger partial charge < -0.3 is 4.74 Å². The molecule has 2 aromatic rings. The molecule has 20 heavy (non-hydrogen) atoms. The van der Waals surface area contributed by atoms with E-state index < -0.39 is 0 Å². The van der Waals surface area contributed by atoms with Gasteiger partial charge in [0.2, 0.25) is 0 Å². The highest BCUT2D eigenvalue weighted by molar-refractivity contribution is 6.36. The van der Waals surface area contributed by atoms with Crippen molar-refractivity contribution in [3.63, 3.8) is 0 Å². The van der Waals surface area contributed by atoms with Gasteiger partial charge in [-0.1, -0.05) is 23.2 Å². The van der Waals surface area contributed by atoms with E-state index >= 15 is 0 Å². The minimum Gasteiger partial charge on any atom is -0.469 e. The molecule has 0 aliphatic carbocycles. The lowest BCUT2D eigenvalue weighted by Crippen LogP contribution is -2.03. The fraction of sp³-hybridized carbons (Fsp3) is 0.308. The van der Waals surface area contributed by atoms with Gasteiger partial charge in [-0.3, -0.25) is 4.79 Å². The van der Waals surface area contributed by atoms with Crippen LogP contribution in [0.25, 0.3) is 11.4 Å². The molecule has 0 saturated carbocycles. The van der Waals surface area contributed by atoms with Crippen LogP contribution < -0.4 is 0 Å². The summed E-state index contributed by atoms with van der Waals surface area (Å²) >= 11 is 12.0. The predicted octanol–water partition coefficient (Wildman–Crippen LogP) is 2.89. The maximum Gasteiger partial charge on any atom is 0.305 e. The molecular weight excluding hydrogens is 301 g/mol. The van der Waals surface area contributed by atoms with E-state index in [2.05, 4.69) is 14.8 Å². The van der Waals surface area contributed by atoms with Crippen LogP contribution in [0.4, 0.5) is 0 Å². The summed E-state index contributed by atoms with van der Waals surface area (Å²) in [6.45, 7) is 0. The van der Waals surface area contributed by atoms with Gasteiger partial charge in [0.05, 0.1) is 18.6 Å². The number of esters is 1. The summed E-state index contributed by atoms with van der Waals surface area (Å²) < 4.78 is 6.22. The number of aromatic nitrogens is 3. The molecule has 1 aromatic heterocycles. The van der Waals surface area contributed by atoms with Gasteiger partial charge in [0.25, 0.3) is 0 Å². The number of ether oxygens (including phenoxy) is 1. The van der Waals surface area contributed by atoms with Crippen LogP contribution in [0.15, 0.2) is 18.2 Å². The quantitative estimate of drug-likeness (QED) is 0.814. The number of nitrogens with zero attached hydrogens (tertiary/aromatic N) is 3. The zero-order chi connectivity index (χ0) is 14.7. The molecule has 0 fully saturated rings. The summed E-state index contributed by atoms with van der Waals surface area (Å²) in [4.78, 5) is 15.5. The molecule has 0 radical (unpaired) electrons. The zero-order valence-corrected chi connectivity index (χ0v) is 12.6. The van der Waals surface area contributed by atoms with Crippen molar-refractivity contribution < 1.29 is 9.53 Å². The Labute approximate surface area is 126 Å². The fourth-order valence-electron chi connectivity index (χ4n) is 1.76. The Bertz CT molecular complexity index is 641.